The van der Waals surface area contributed by atoms with E-state index in [-0.39, 0.29) is 5.91 Å². The minimum atomic E-state index is -0.177. The third-order valence-electron chi connectivity index (χ3n) is 2.62. The normalized spacial score (nSPS) is 10.7. The van der Waals surface area contributed by atoms with Gasteiger partial charge in [0.25, 0.3) is 5.91 Å². The van der Waals surface area contributed by atoms with Crippen molar-refractivity contribution in [2.45, 2.75) is 6.54 Å². The van der Waals surface area contributed by atoms with E-state index in [0.717, 1.165) is 16.9 Å². The van der Waals surface area contributed by atoms with Crippen molar-refractivity contribution in [2.24, 2.45) is 0 Å². The van der Waals surface area contributed by atoms with Gasteiger partial charge in [-0.2, -0.15) is 5.10 Å². The van der Waals surface area contributed by atoms with Gasteiger partial charge in [-0.3, -0.25) is 9.89 Å². The number of amides is 1. The zero-order valence-electron chi connectivity index (χ0n) is 9.47. The first-order valence-electron chi connectivity index (χ1n) is 5.53. The van der Waals surface area contributed by atoms with Crippen molar-refractivity contribution >= 4 is 16.9 Å². The van der Waals surface area contributed by atoms with Crippen LogP contribution in [0.2, 0.25) is 0 Å². The van der Waals surface area contributed by atoms with Gasteiger partial charge < -0.3 is 10.3 Å². The number of nitrogens with one attached hydrogen (secondary N) is 3. The van der Waals surface area contributed by atoms with E-state index in [4.69, 9.17) is 0 Å². The van der Waals surface area contributed by atoms with Crippen molar-refractivity contribution in [1.29, 1.82) is 0 Å². The van der Waals surface area contributed by atoms with Gasteiger partial charge in [0.2, 0.25) is 0 Å². The standard InChI is InChI=1S/C12H11N5O/c18-12(8-5-14-15-6-8)13-7-11-16-9-3-1-2-4-10(9)17-11/h1-6H,7H2,(H,13,18)(H,14,15)(H,16,17). The molecule has 1 amide bonds. The Morgan fingerprint density at radius 3 is 3.00 bits per heavy atom. The molecule has 3 aromatic rings. The van der Waals surface area contributed by atoms with E-state index >= 15 is 0 Å². The molecule has 0 unspecified atom stereocenters. The van der Waals surface area contributed by atoms with Crippen molar-refractivity contribution in [3.05, 3.63) is 48.0 Å². The minimum Gasteiger partial charge on any atom is -0.345 e. The summed E-state index contributed by atoms with van der Waals surface area (Å²) in [5.74, 6) is 0.553. The van der Waals surface area contributed by atoms with Crippen LogP contribution in [0.3, 0.4) is 0 Å². The molecule has 6 heteroatoms. The number of nitrogens with zero attached hydrogens (tertiary/aromatic N) is 2. The topological polar surface area (TPSA) is 86.5 Å². The monoisotopic (exact) mass is 241 g/mol. The van der Waals surface area contributed by atoms with E-state index < -0.39 is 0 Å². The summed E-state index contributed by atoms with van der Waals surface area (Å²) in [6.07, 6.45) is 3.03. The molecule has 0 aliphatic heterocycles. The molecule has 0 aliphatic carbocycles. The molecule has 3 N–H and O–H groups in total. The number of carbonyl (C=O) groups is 1. The number of carbonyl (C=O) groups excluding carboxylic acids is 1. The lowest BCUT2D eigenvalue weighted by Gasteiger charge is -1.99. The first-order chi connectivity index (χ1) is 8.83. The Morgan fingerprint density at radius 1 is 1.33 bits per heavy atom. The average molecular weight is 241 g/mol. The third kappa shape index (κ3) is 1.95. The van der Waals surface area contributed by atoms with E-state index in [9.17, 15) is 4.79 Å². The SMILES string of the molecule is O=C(NCc1nc2ccccc2[nH]1)c1cn[nH]c1. The first kappa shape index (κ1) is 10.5. The number of H-pyrrole nitrogens is 2. The smallest absolute Gasteiger partial charge is 0.254 e. The lowest BCUT2D eigenvalue weighted by Crippen LogP contribution is -2.22. The quantitative estimate of drug-likeness (QED) is 0.644. The van der Waals surface area contributed by atoms with Crippen LogP contribution < -0.4 is 5.32 Å². The predicted octanol–water partition coefficient (Wildman–Crippen LogP) is 1.22. The van der Waals surface area contributed by atoms with Gasteiger partial charge >= 0.3 is 0 Å². The summed E-state index contributed by atoms with van der Waals surface area (Å²) >= 11 is 0. The number of fused-ring (bicyclic) bond motifs is 1. The maximum atomic E-state index is 11.7. The summed E-state index contributed by atoms with van der Waals surface area (Å²) in [6.45, 7) is 0.360. The van der Waals surface area contributed by atoms with Crippen LogP contribution in [0.15, 0.2) is 36.7 Å². The highest BCUT2D eigenvalue weighted by molar-refractivity contribution is 5.93. The van der Waals surface area contributed by atoms with Crippen LogP contribution in [0.5, 0.6) is 0 Å². The van der Waals surface area contributed by atoms with Crippen molar-refractivity contribution in [1.82, 2.24) is 25.5 Å². The van der Waals surface area contributed by atoms with Crippen molar-refractivity contribution in [3.63, 3.8) is 0 Å². The predicted molar refractivity (Wildman–Crippen MR) is 65.9 cm³/mol. The maximum Gasteiger partial charge on any atom is 0.254 e. The number of para-hydroxylation sites is 2. The van der Waals surface area contributed by atoms with Crippen molar-refractivity contribution in [2.75, 3.05) is 0 Å². The summed E-state index contributed by atoms with van der Waals surface area (Å²) in [6, 6.07) is 7.74. The van der Waals surface area contributed by atoms with Gasteiger partial charge in [-0.05, 0) is 12.1 Å². The summed E-state index contributed by atoms with van der Waals surface area (Å²) in [5.41, 5.74) is 2.36. The number of aromatic amines is 2. The number of imidazole rings is 1. The molecule has 2 aromatic heterocycles. The molecule has 0 saturated carbocycles. The van der Waals surface area contributed by atoms with Crippen LogP contribution >= 0.6 is 0 Å². The Bertz CT molecular complexity index is 638. The second-order valence-electron chi connectivity index (χ2n) is 3.87. The van der Waals surface area contributed by atoms with Crippen molar-refractivity contribution < 1.29 is 4.79 Å². The van der Waals surface area contributed by atoms with Crippen LogP contribution in [0.1, 0.15) is 16.2 Å². The molecular weight excluding hydrogens is 230 g/mol. The summed E-state index contributed by atoms with van der Waals surface area (Å²) < 4.78 is 0. The van der Waals surface area contributed by atoms with Crippen LogP contribution in [0.4, 0.5) is 0 Å². The summed E-state index contributed by atoms with van der Waals surface area (Å²) in [5, 5.41) is 9.09. The highest BCUT2D eigenvalue weighted by Crippen LogP contribution is 2.09. The Labute approximate surface area is 102 Å². The molecule has 0 radical (unpaired) electrons. The van der Waals surface area contributed by atoms with Gasteiger partial charge in [0.1, 0.15) is 5.82 Å². The molecule has 90 valence electrons. The van der Waals surface area contributed by atoms with E-state index in [1.807, 2.05) is 24.3 Å². The van der Waals surface area contributed by atoms with Gasteiger partial charge in [0.15, 0.2) is 0 Å². The van der Waals surface area contributed by atoms with Gasteiger partial charge in [-0.15, -0.1) is 0 Å². The Kier molecular flexibility index (Phi) is 2.53. The maximum absolute atomic E-state index is 11.7. The molecule has 2 heterocycles. The van der Waals surface area contributed by atoms with Crippen LogP contribution in [0.25, 0.3) is 11.0 Å². The van der Waals surface area contributed by atoms with Gasteiger partial charge in [0.05, 0.1) is 29.3 Å². The molecular formula is C12H11N5O. The largest absolute Gasteiger partial charge is 0.345 e. The number of benzene rings is 1. The van der Waals surface area contributed by atoms with Crippen LogP contribution in [-0.2, 0) is 6.54 Å². The van der Waals surface area contributed by atoms with Crippen LogP contribution in [0, 0.1) is 0 Å². The molecule has 0 bridgehead atoms. The van der Waals surface area contributed by atoms with Gasteiger partial charge in [0, 0.05) is 6.20 Å². The fourth-order valence-corrected chi connectivity index (χ4v) is 1.73. The fourth-order valence-electron chi connectivity index (χ4n) is 1.73. The first-order valence-corrected chi connectivity index (χ1v) is 5.53. The Morgan fingerprint density at radius 2 is 2.22 bits per heavy atom. The molecule has 0 aliphatic rings. The molecule has 18 heavy (non-hydrogen) atoms. The highest BCUT2D eigenvalue weighted by atomic mass is 16.1. The second-order valence-corrected chi connectivity index (χ2v) is 3.87. The third-order valence-corrected chi connectivity index (χ3v) is 2.62. The summed E-state index contributed by atoms with van der Waals surface area (Å²) in [4.78, 5) is 19.2. The molecule has 3 rings (SSSR count). The average Bonchev–Trinajstić information content (AvgIpc) is 3.04. The zero-order valence-corrected chi connectivity index (χ0v) is 9.47. The van der Waals surface area contributed by atoms with Crippen molar-refractivity contribution in [3.8, 4) is 0 Å². The molecule has 6 nitrogen and oxygen atoms in total. The van der Waals surface area contributed by atoms with E-state index in [2.05, 4.69) is 25.5 Å². The van der Waals surface area contributed by atoms with E-state index in [0.29, 0.717) is 12.1 Å². The lowest BCUT2D eigenvalue weighted by molar-refractivity contribution is 0.0950. The molecule has 0 fully saturated rings. The Balaban J connectivity index is 1.71. The second kappa shape index (κ2) is 4.33. The molecule has 0 spiro atoms. The molecule has 0 atom stereocenters. The highest BCUT2D eigenvalue weighted by Gasteiger charge is 2.07. The fraction of sp³-hybridized carbons (Fsp3) is 0.0833. The number of hydrogen-bond acceptors (Lipinski definition) is 3. The van der Waals surface area contributed by atoms with E-state index in [1.165, 1.54) is 6.20 Å². The van der Waals surface area contributed by atoms with Crippen LogP contribution in [-0.4, -0.2) is 26.1 Å². The van der Waals surface area contributed by atoms with E-state index in [1.54, 1.807) is 6.20 Å². The van der Waals surface area contributed by atoms with Gasteiger partial charge in [-0.25, -0.2) is 4.98 Å². The molecule has 0 saturated heterocycles. The number of aromatic nitrogens is 4. The lowest BCUT2D eigenvalue weighted by atomic mass is 10.3. The number of rotatable bonds is 3. The Hall–Kier alpha value is -2.63. The number of hydrogen-bond donors (Lipinski definition) is 3. The zero-order chi connectivity index (χ0) is 12.4. The molecule has 1 aromatic carbocycles. The van der Waals surface area contributed by atoms with Gasteiger partial charge in [-0.1, -0.05) is 12.1 Å². The summed E-state index contributed by atoms with van der Waals surface area (Å²) in [7, 11) is 0. The minimum absolute atomic E-state index is 0.177.